The molecule has 2 heterocycles. The van der Waals surface area contributed by atoms with Gasteiger partial charge in [0.05, 0.1) is 23.8 Å². The van der Waals surface area contributed by atoms with E-state index in [4.69, 9.17) is 22.1 Å². The van der Waals surface area contributed by atoms with E-state index >= 15 is 0 Å². The average Bonchev–Trinajstić information content (AvgIpc) is 2.78. The van der Waals surface area contributed by atoms with Crippen molar-refractivity contribution in [3.05, 3.63) is 23.2 Å². The van der Waals surface area contributed by atoms with E-state index in [2.05, 4.69) is 9.88 Å². The van der Waals surface area contributed by atoms with Gasteiger partial charge in [-0.15, -0.1) is 0 Å². The summed E-state index contributed by atoms with van der Waals surface area (Å²) < 4.78 is 7.39. The van der Waals surface area contributed by atoms with Gasteiger partial charge < -0.3 is 15.0 Å². The van der Waals surface area contributed by atoms with E-state index in [0.29, 0.717) is 11.0 Å². The average molecular weight is 295 g/mol. The molecule has 3 rings (SSSR count). The van der Waals surface area contributed by atoms with Crippen molar-refractivity contribution in [3.63, 3.8) is 0 Å². The molecule has 1 aromatic heterocycles. The lowest BCUT2D eigenvalue weighted by Gasteiger charge is -2.26. The first-order valence-corrected chi connectivity index (χ1v) is 7.34. The van der Waals surface area contributed by atoms with Gasteiger partial charge in [0.1, 0.15) is 5.52 Å². The van der Waals surface area contributed by atoms with Gasteiger partial charge in [0.25, 0.3) is 0 Å². The first kappa shape index (κ1) is 13.7. The Bertz CT molecular complexity index is 592. The Morgan fingerprint density at radius 2 is 2.05 bits per heavy atom. The quantitative estimate of drug-likeness (QED) is 0.937. The third-order valence-corrected chi connectivity index (χ3v) is 4.02. The first-order chi connectivity index (χ1) is 9.75. The second kappa shape index (κ2) is 5.99. The Kier molecular flexibility index (Phi) is 4.10. The van der Waals surface area contributed by atoms with Crippen molar-refractivity contribution in [2.45, 2.75) is 13.0 Å². The summed E-state index contributed by atoms with van der Waals surface area (Å²) in [4.78, 5) is 6.78. The number of imidazole rings is 1. The van der Waals surface area contributed by atoms with Crippen LogP contribution < -0.4 is 5.73 Å². The van der Waals surface area contributed by atoms with E-state index < -0.39 is 0 Å². The number of halogens is 1. The highest BCUT2D eigenvalue weighted by Crippen LogP contribution is 2.25. The normalized spacial score (nSPS) is 16.9. The molecule has 0 saturated carbocycles. The molecule has 0 spiro atoms. The van der Waals surface area contributed by atoms with Gasteiger partial charge in [0.2, 0.25) is 5.95 Å². The summed E-state index contributed by atoms with van der Waals surface area (Å²) in [5.41, 5.74) is 7.80. The number of nitrogens with two attached hydrogens (primary N) is 1. The van der Waals surface area contributed by atoms with Crippen LogP contribution in [0.4, 0.5) is 5.95 Å². The van der Waals surface area contributed by atoms with Crippen molar-refractivity contribution in [2.24, 2.45) is 0 Å². The van der Waals surface area contributed by atoms with Crippen LogP contribution in [0.5, 0.6) is 0 Å². The van der Waals surface area contributed by atoms with Crippen molar-refractivity contribution in [2.75, 3.05) is 38.6 Å². The van der Waals surface area contributed by atoms with Crippen LogP contribution in [-0.2, 0) is 11.3 Å². The fourth-order valence-electron chi connectivity index (χ4n) is 2.64. The highest BCUT2D eigenvalue weighted by molar-refractivity contribution is 6.35. The van der Waals surface area contributed by atoms with Crippen LogP contribution in [-0.4, -0.2) is 47.3 Å². The van der Waals surface area contributed by atoms with Gasteiger partial charge in [-0.1, -0.05) is 17.7 Å². The topological polar surface area (TPSA) is 56.3 Å². The van der Waals surface area contributed by atoms with Crippen molar-refractivity contribution >= 4 is 28.6 Å². The zero-order valence-corrected chi connectivity index (χ0v) is 12.1. The van der Waals surface area contributed by atoms with Gasteiger partial charge in [-0.05, 0) is 18.6 Å². The van der Waals surface area contributed by atoms with E-state index in [0.717, 1.165) is 56.8 Å². The van der Waals surface area contributed by atoms with Crippen LogP contribution >= 0.6 is 11.6 Å². The Labute approximate surface area is 123 Å². The van der Waals surface area contributed by atoms with E-state index in [1.54, 1.807) is 0 Å². The molecule has 1 aliphatic heterocycles. The molecule has 6 heteroatoms. The molecule has 1 aliphatic rings. The number of ether oxygens (including phenoxy) is 1. The van der Waals surface area contributed by atoms with Gasteiger partial charge in [-0.25, -0.2) is 4.98 Å². The molecule has 5 nitrogen and oxygen atoms in total. The van der Waals surface area contributed by atoms with Crippen LogP contribution in [0.25, 0.3) is 11.0 Å². The van der Waals surface area contributed by atoms with E-state index in [9.17, 15) is 0 Å². The standard InChI is InChI=1S/C14H19ClN4O/c15-11-3-1-4-12-13(11)17-14(16)19(12)6-2-5-18-7-9-20-10-8-18/h1,3-4H,2,5-10H2,(H2,16,17). The van der Waals surface area contributed by atoms with Crippen molar-refractivity contribution in [3.8, 4) is 0 Å². The molecule has 0 atom stereocenters. The maximum Gasteiger partial charge on any atom is 0.201 e. The lowest BCUT2D eigenvalue weighted by Crippen LogP contribution is -2.37. The minimum Gasteiger partial charge on any atom is -0.379 e. The predicted octanol–water partition coefficient (Wildman–Crippen LogP) is 1.99. The maximum absolute atomic E-state index is 6.14. The number of benzene rings is 1. The minimum absolute atomic E-state index is 0.537. The summed E-state index contributed by atoms with van der Waals surface area (Å²) >= 11 is 6.14. The maximum atomic E-state index is 6.14. The fourth-order valence-corrected chi connectivity index (χ4v) is 2.85. The molecule has 1 fully saturated rings. The monoisotopic (exact) mass is 294 g/mol. The lowest BCUT2D eigenvalue weighted by atomic mass is 10.3. The minimum atomic E-state index is 0.537. The predicted molar refractivity (Wildman–Crippen MR) is 81.0 cm³/mol. The highest BCUT2D eigenvalue weighted by atomic mass is 35.5. The van der Waals surface area contributed by atoms with Crippen molar-refractivity contribution in [1.82, 2.24) is 14.5 Å². The number of aromatic nitrogens is 2. The summed E-state index contributed by atoms with van der Waals surface area (Å²) in [5, 5.41) is 0.654. The molecule has 0 bridgehead atoms. The molecule has 2 N–H and O–H groups in total. The summed E-state index contributed by atoms with van der Waals surface area (Å²) in [6.07, 6.45) is 1.04. The van der Waals surface area contributed by atoms with Crippen molar-refractivity contribution < 1.29 is 4.74 Å². The van der Waals surface area contributed by atoms with Gasteiger partial charge in [0.15, 0.2) is 0 Å². The van der Waals surface area contributed by atoms with E-state index in [1.165, 1.54) is 0 Å². The van der Waals surface area contributed by atoms with Crippen LogP contribution in [0.3, 0.4) is 0 Å². The SMILES string of the molecule is Nc1nc2c(Cl)cccc2n1CCCN1CCOCC1. The van der Waals surface area contributed by atoms with Crippen LogP contribution in [0.2, 0.25) is 5.02 Å². The number of hydrogen-bond donors (Lipinski definition) is 1. The van der Waals surface area contributed by atoms with Crippen molar-refractivity contribution in [1.29, 1.82) is 0 Å². The number of fused-ring (bicyclic) bond motifs is 1. The summed E-state index contributed by atoms with van der Waals surface area (Å²) in [6, 6.07) is 5.79. The van der Waals surface area contributed by atoms with E-state index in [-0.39, 0.29) is 0 Å². The van der Waals surface area contributed by atoms with Crippen LogP contribution in [0.1, 0.15) is 6.42 Å². The Balaban J connectivity index is 1.68. The van der Waals surface area contributed by atoms with Gasteiger partial charge >= 0.3 is 0 Å². The Morgan fingerprint density at radius 3 is 2.85 bits per heavy atom. The van der Waals surface area contributed by atoms with E-state index in [1.807, 2.05) is 22.8 Å². The second-order valence-corrected chi connectivity index (χ2v) is 5.44. The number of para-hydroxylation sites is 1. The lowest BCUT2D eigenvalue weighted by molar-refractivity contribution is 0.0370. The largest absolute Gasteiger partial charge is 0.379 e. The molecule has 0 unspecified atom stereocenters. The second-order valence-electron chi connectivity index (χ2n) is 5.04. The van der Waals surface area contributed by atoms with Gasteiger partial charge in [-0.2, -0.15) is 0 Å². The zero-order chi connectivity index (χ0) is 13.9. The first-order valence-electron chi connectivity index (χ1n) is 6.96. The van der Waals surface area contributed by atoms with Gasteiger partial charge in [-0.3, -0.25) is 4.90 Å². The Morgan fingerprint density at radius 1 is 1.25 bits per heavy atom. The molecule has 2 aromatic rings. The molecule has 0 amide bonds. The number of nitrogens with zero attached hydrogens (tertiary/aromatic N) is 3. The summed E-state index contributed by atoms with van der Waals surface area (Å²) in [7, 11) is 0. The number of aryl methyl sites for hydroxylation is 1. The molecule has 20 heavy (non-hydrogen) atoms. The molecular weight excluding hydrogens is 276 g/mol. The highest BCUT2D eigenvalue weighted by Gasteiger charge is 2.12. The molecule has 0 aliphatic carbocycles. The molecule has 1 aromatic carbocycles. The summed E-state index contributed by atoms with van der Waals surface area (Å²) in [5.74, 6) is 0.537. The van der Waals surface area contributed by atoms with Crippen LogP contribution in [0.15, 0.2) is 18.2 Å². The third kappa shape index (κ3) is 2.75. The molecule has 1 saturated heterocycles. The molecular formula is C14H19ClN4O. The number of nitrogen functional groups attached to an aromatic ring is 1. The Hall–Kier alpha value is -1.30. The summed E-state index contributed by atoms with van der Waals surface area (Å²) in [6.45, 7) is 5.64. The zero-order valence-electron chi connectivity index (χ0n) is 11.4. The fraction of sp³-hybridized carbons (Fsp3) is 0.500. The van der Waals surface area contributed by atoms with Gasteiger partial charge in [0, 0.05) is 26.2 Å². The third-order valence-electron chi connectivity index (χ3n) is 3.72. The molecule has 108 valence electrons. The number of hydrogen-bond acceptors (Lipinski definition) is 4. The molecule has 0 radical (unpaired) electrons. The number of morpholine rings is 1. The number of anilines is 1. The smallest absolute Gasteiger partial charge is 0.201 e. The van der Waals surface area contributed by atoms with Crippen LogP contribution in [0, 0.1) is 0 Å². The number of rotatable bonds is 4.